The Kier molecular flexibility index (Phi) is 4.11. The maximum Gasteiger partial charge on any atom is 0.224 e. The Bertz CT molecular complexity index is 1750. The largest absolute Gasteiger partial charge is 0.235 e. The van der Waals surface area contributed by atoms with E-state index < -0.39 is 11.2 Å². The molecule has 0 aromatic heterocycles. The van der Waals surface area contributed by atoms with E-state index in [1.54, 1.807) is 12.1 Å². The van der Waals surface area contributed by atoms with Gasteiger partial charge >= 0.3 is 0 Å². The van der Waals surface area contributed by atoms with Crippen LogP contribution in [0.25, 0.3) is 38.2 Å². The van der Waals surface area contributed by atoms with Gasteiger partial charge in [0, 0.05) is 0 Å². The molecule has 0 saturated heterocycles. The third kappa shape index (κ3) is 2.37. The normalized spacial score (nSPS) is 13.3. The summed E-state index contributed by atoms with van der Waals surface area (Å²) in [5.74, 6) is -0.764. The lowest BCUT2D eigenvalue weighted by Gasteiger charge is -2.30. The van der Waals surface area contributed by atoms with E-state index in [1.165, 1.54) is 27.8 Å². The molecular weight excluding hydrogens is 443 g/mol. The molecule has 2 nitrogen and oxygen atoms in total. The van der Waals surface area contributed by atoms with Gasteiger partial charge in [-0.25, -0.2) is 9.24 Å². The maximum atomic E-state index is 14.6. The van der Waals surface area contributed by atoms with Crippen molar-refractivity contribution in [2.24, 2.45) is 0 Å². The van der Waals surface area contributed by atoms with Gasteiger partial charge in [-0.1, -0.05) is 91.0 Å². The van der Waals surface area contributed by atoms with Gasteiger partial charge in [0.25, 0.3) is 0 Å². The van der Waals surface area contributed by atoms with Crippen molar-refractivity contribution in [2.75, 3.05) is 0 Å². The molecule has 2 aliphatic carbocycles. The van der Waals surface area contributed by atoms with Gasteiger partial charge in [-0.2, -0.15) is 5.26 Å². The van der Waals surface area contributed by atoms with Gasteiger partial charge in [0.1, 0.15) is 11.9 Å². The lowest BCUT2D eigenvalue weighted by molar-refractivity contribution is 0.630. The van der Waals surface area contributed by atoms with Gasteiger partial charge < -0.3 is 0 Å². The number of rotatable bonds is 1. The van der Waals surface area contributed by atoms with Crippen molar-refractivity contribution in [1.29, 1.82) is 5.26 Å². The van der Waals surface area contributed by atoms with E-state index in [4.69, 9.17) is 6.57 Å². The number of nitrogens with zero attached hydrogens (tertiary/aromatic N) is 2. The van der Waals surface area contributed by atoms with Crippen LogP contribution >= 0.6 is 0 Å². The molecule has 5 aromatic rings. The van der Waals surface area contributed by atoms with Crippen molar-refractivity contribution in [3.8, 4) is 39.4 Å². The number of nitriles is 1. The zero-order valence-corrected chi connectivity index (χ0v) is 19.1. The molecule has 0 bridgehead atoms. The van der Waals surface area contributed by atoms with Crippen LogP contribution in [0.5, 0.6) is 0 Å². The van der Waals surface area contributed by atoms with E-state index in [9.17, 15) is 9.65 Å². The first-order valence-corrected chi connectivity index (χ1v) is 11.7. The van der Waals surface area contributed by atoms with Crippen molar-refractivity contribution >= 4 is 5.69 Å². The predicted octanol–water partition coefficient (Wildman–Crippen LogP) is 8.26. The fraction of sp³-hybridized carbons (Fsp3) is 0.0303. The summed E-state index contributed by atoms with van der Waals surface area (Å²) in [5, 5.41) is 9.55. The fourth-order valence-corrected chi connectivity index (χ4v) is 6.31. The molecule has 0 saturated carbocycles. The monoisotopic (exact) mass is 460 g/mol. The fourth-order valence-electron chi connectivity index (χ4n) is 6.31. The summed E-state index contributed by atoms with van der Waals surface area (Å²) in [6.07, 6.45) is 0. The Labute approximate surface area is 208 Å². The highest BCUT2D eigenvalue weighted by Gasteiger charge is 2.51. The summed E-state index contributed by atoms with van der Waals surface area (Å²) in [7, 11) is 0. The van der Waals surface area contributed by atoms with Crippen LogP contribution in [-0.4, -0.2) is 0 Å². The Morgan fingerprint density at radius 2 is 1.19 bits per heavy atom. The van der Waals surface area contributed by atoms with Crippen LogP contribution in [0.15, 0.2) is 103 Å². The Morgan fingerprint density at radius 3 is 1.81 bits per heavy atom. The molecule has 166 valence electrons. The lowest BCUT2D eigenvalue weighted by atomic mass is 9.70. The predicted molar refractivity (Wildman–Crippen MR) is 139 cm³/mol. The average molecular weight is 461 g/mol. The highest BCUT2D eigenvalue weighted by molar-refractivity contribution is 6.00. The SMILES string of the molecule is [C-]#[N+]c1cc(-c2cccc3c2-c2ccccc2C32c3ccccc3-c3ccccc32)cc(C#N)c1F. The number of hydrogen-bond donors (Lipinski definition) is 0. The van der Waals surface area contributed by atoms with Crippen molar-refractivity contribution in [3.63, 3.8) is 0 Å². The molecule has 3 heteroatoms. The second-order valence-corrected chi connectivity index (χ2v) is 9.20. The van der Waals surface area contributed by atoms with Crippen LogP contribution in [-0.2, 0) is 5.41 Å². The molecule has 7 rings (SSSR count). The summed E-state index contributed by atoms with van der Waals surface area (Å²) >= 11 is 0. The number of benzene rings is 5. The molecule has 0 fully saturated rings. The summed E-state index contributed by atoms with van der Waals surface area (Å²) < 4.78 is 14.6. The minimum absolute atomic E-state index is 0.117. The highest BCUT2D eigenvalue weighted by Crippen LogP contribution is 2.63. The summed E-state index contributed by atoms with van der Waals surface area (Å²) in [5.41, 5.74) is 10.3. The zero-order chi connectivity index (χ0) is 24.4. The molecule has 0 heterocycles. The highest BCUT2D eigenvalue weighted by atomic mass is 19.1. The number of halogens is 1. The van der Waals surface area contributed by atoms with Crippen LogP contribution < -0.4 is 0 Å². The smallest absolute Gasteiger partial charge is 0.224 e. The van der Waals surface area contributed by atoms with Crippen molar-refractivity contribution in [1.82, 2.24) is 0 Å². The summed E-state index contributed by atoms with van der Waals surface area (Å²) in [6.45, 7) is 7.45. The van der Waals surface area contributed by atoms with E-state index in [2.05, 4.69) is 77.6 Å². The molecule has 0 radical (unpaired) electrons. The van der Waals surface area contributed by atoms with E-state index in [-0.39, 0.29) is 11.3 Å². The molecule has 0 unspecified atom stereocenters. The van der Waals surface area contributed by atoms with E-state index in [0.29, 0.717) is 5.56 Å². The van der Waals surface area contributed by atoms with Crippen molar-refractivity contribution < 1.29 is 4.39 Å². The lowest BCUT2D eigenvalue weighted by Crippen LogP contribution is -2.25. The van der Waals surface area contributed by atoms with Crippen LogP contribution in [0.2, 0.25) is 0 Å². The topological polar surface area (TPSA) is 28.1 Å². The average Bonchev–Trinajstić information content (AvgIpc) is 3.41. The molecule has 1 spiro atoms. The van der Waals surface area contributed by atoms with Gasteiger partial charge in [0.05, 0.1) is 17.6 Å². The molecule has 0 atom stereocenters. The number of hydrogen-bond acceptors (Lipinski definition) is 1. The molecule has 0 N–H and O–H groups in total. The first-order valence-electron chi connectivity index (χ1n) is 11.7. The molecule has 2 aliphatic rings. The van der Waals surface area contributed by atoms with Crippen LogP contribution in [0.3, 0.4) is 0 Å². The minimum atomic E-state index is -0.764. The standard InChI is InChI=1S/C33H17FN2/c1-36-30-18-20(17-21(19-35)32(30)34)22-12-8-16-29-31(22)25-11-4-7-15-28(25)33(29)26-13-5-2-9-23(26)24-10-3-6-14-27(24)33/h2-18H. The van der Waals surface area contributed by atoms with Crippen molar-refractivity contribution in [3.05, 3.63) is 148 Å². The first-order chi connectivity index (χ1) is 17.7. The summed E-state index contributed by atoms with van der Waals surface area (Å²) in [6, 6.07) is 36.9. The Hall–Kier alpha value is -4.99. The Balaban J connectivity index is 1.64. The van der Waals surface area contributed by atoms with Crippen LogP contribution in [0.4, 0.5) is 10.1 Å². The molecular formula is C33H17FN2. The molecule has 0 amide bonds. The number of fused-ring (bicyclic) bond motifs is 10. The van der Waals surface area contributed by atoms with E-state index in [1.807, 2.05) is 24.3 Å². The van der Waals surface area contributed by atoms with Gasteiger partial charge in [-0.3, -0.25) is 0 Å². The van der Waals surface area contributed by atoms with Crippen LogP contribution in [0, 0.1) is 23.7 Å². The molecule has 5 aromatic carbocycles. The molecule has 36 heavy (non-hydrogen) atoms. The molecule has 0 aliphatic heterocycles. The second-order valence-electron chi connectivity index (χ2n) is 9.20. The third-order valence-corrected chi connectivity index (χ3v) is 7.63. The van der Waals surface area contributed by atoms with Crippen molar-refractivity contribution in [2.45, 2.75) is 5.41 Å². The van der Waals surface area contributed by atoms with Crippen LogP contribution in [0.1, 0.15) is 27.8 Å². The van der Waals surface area contributed by atoms with E-state index in [0.717, 1.165) is 22.3 Å². The van der Waals surface area contributed by atoms with Gasteiger partial charge in [0.15, 0.2) is 0 Å². The first kappa shape index (κ1) is 20.4. The zero-order valence-electron chi connectivity index (χ0n) is 19.1. The Morgan fingerprint density at radius 1 is 0.667 bits per heavy atom. The van der Waals surface area contributed by atoms with Gasteiger partial charge in [-0.05, 0) is 67.8 Å². The van der Waals surface area contributed by atoms with Gasteiger partial charge in [-0.15, -0.1) is 0 Å². The second kappa shape index (κ2) is 7.25. The third-order valence-electron chi connectivity index (χ3n) is 7.63. The minimum Gasteiger partial charge on any atom is -0.235 e. The quantitative estimate of drug-likeness (QED) is 0.227. The summed E-state index contributed by atoms with van der Waals surface area (Å²) in [4.78, 5) is 3.36. The maximum absolute atomic E-state index is 14.6. The van der Waals surface area contributed by atoms with Gasteiger partial charge in [0.2, 0.25) is 5.69 Å². The van der Waals surface area contributed by atoms with E-state index >= 15 is 0 Å².